The maximum atomic E-state index is 11.5. The average molecular weight is 270 g/mol. The molecule has 0 saturated carbocycles. The summed E-state index contributed by atoms with van der Waals surface area (Å²) in [4.78, 5) is 14.5. The lowest BCUT2D eigenvalue weighted by atomic mass is 10.0. The van der Waals surface area contributed by atoms with Crippen LogP contribution in [0.4, 0.5) is 0 Å². The third kappa shape index (κ3) is 1.85. The topological polar surface area (TPSA) is 63.8 Å². The van der Waals surface area contributed by atoms with Crippen molar-refractivity contribution < 1.29 is 4.79 Å². The number of imidazole rings is 1. The Morgan fingerprint density at radius 3 is 2.76 bits per heavy atom. The molecule has 1 aromatic heterocycles. The monoisotopic (exact) mass is 269 g/mol. The molecule has 0 spiro atoms. The minimum Gasteiger partial charge on any atom is -0.368 e. The van der Waals surface area contributed by atoms with Gasteiger partial charge in [0, 0.05) is 5.02 Å². The predicted octanol–water partition coefficient (Wildman–Crippen LogP) is 2.57. The van der Waals surface area contributed by atoms with Gasteiger partial charge in [0.15, 0.2) is 4.77 Å². The van der Waals surface area contributed by atoms with Crippen LogP contribution in [0.2, 0.25) is 5.02 Å². The van der Waals surface area contributed by atoms with Crippen LogP contribution in [0, 0.1) is 4.77 Å². The molecule has 0 fully saturated rings. The molecule has 0 aliphatic rings. The molecule has 0 aliphatic heterocycles. The number of H-pyrrole nitrogens is 1. The number of carbonyl (C=O) groups is 1. The highest BCUT2D eigenvalue weighted by Crippen LogP contribution is 2.25. The fourth-order valence-electron chi connectivity index (χ4n) is 1.74. The number of fused-ring (bicyclic) bond motifs is 1. The third-order valence-electron chi connectivity index (χ3n) is 2.81. The van der Waals surface area contributed by atoms with Gasteiger partial charge >= 0.3 is 0 Å². The fourth-order valence-corrected chi connectivity index (χ4v) is 2.34. The second-order valence-corrected chi connectivity index (χ2v) is 5.17. The van der Waals surface area contributed by atoms with Crippen molar-refractivity contribution in [3.63, 3.8) is 0 Å². The summed E-state index contributed by atoms with van der Waals surface area (Å²) < 4.78 is 2.14. The lowest BCUT2D eigenvalue weighted by molar-refractivity contribution is -0.124. The molecule has 1 heterocycles. The first-order valence-electron chi connectivity index (χ1n) is 5.04. The van der Waals surface area contributed by atoms with Crippen LogP contribution in [-0.2, 0) is 10.3 Å². The molecule has 4 nitrogen and oxygen atoms in total. The largest absolute Gasteiger partial charge is 0.368 e. The number of amides is 1. The van der Waals surface area contributed by atoms with Crippen molar-refractivity contribution in [3.05, 3.63) is 28.0 Å². The molecule has 0 saturated heterocycles. The lowest BCUT2D eigenvalue weighted by Crippen LogP contribution is -2.41. The van der Waals surface area contributed by atoms with Crippen molar-refractivity contribution in [3.8, 4) is 0 Å². The van der Waals surface area contributed by atoms with Gasteiger partial charge in [0.05, 0.1) is 11.0 Å². The zero-order valence-corrected chi connectivity index (χ0v) is 11.0. The Balaban J connectivity index is 2.86. The molecule has 0 bridgehead atoms. The summed E-state index contributed by atoms with van der Waals surface area (Å²) in [6.45, 7) is 3.44. The molecule has 0 radical (unpaired) electrons. The number of primary amides is 1. The highest BCUT2D eigenvalue weighted by atomic mass is 35.5. The molecule has 1 aromatic carbocycles. The Labute approximate surface area is 108 Å². The van der Waals surface area contributed by atoms with Crippen LogP contribution >= 0.6 is 23.8 Å². The van der Waals surface area contributed by atoms with Crippen LogP contribution in [0.5, 0.6) is 0 Å². The highest BCUT2D eigenvalue weighted by molar-refractivity contribution is 7.71. The molecule has 3 N–H and O–H groups in total. The van der Waals surface area contributed by atoms with E-state index in [4.69, 9.17) is 29.6 Å². The van der Waals surface area contributed by atoms with E-state index in [0.717, 1.165) is 11.0 Å². The van der Waals surface area contributed by atoms with Crippen molar-refractivity contribution >= 4 is 40.8 Å². The first-order chi connectivity index (χ1) is 7.84. The van der Waals surface area contributed by atoms with E-state index in [1.807, 2.05) is 6.07 Å². The molecule has 0 atom stereocenters. The zero-order chi connectivity index (χ0) is 12.8. The van der Waals surface area contributed by atoms with Gasteiger partial charge < -0.3 is 15.3 Å². The summed E-state index contributed by atoms with van der Waals surface area (Å²) in [5.41, 5.74) is 6.10. The maximum absolute atomic E-state index is 11.5. The molecule has 17 heavy (non-hydrogen) atoms. The van der Waals surface area contributed by atoms with Gasteiger partial charge in [-0.3, -0.25) is 4.79 Å². The number of halogens is 1. The number of rotatable bonds is 2. The van der Waals surface area contributed by atoms with Crippen molar-refractivity contribution in [2.45, 2.75) is 19.4 Å². The van der Waals surface area contributed by atoms with Crippen molar-refractivity contribution in [2.75, 3.05) is 0 Å². The number of hydrogen-bond donors (Lipinski definition) is 2. The van der Waals surface area contributed by atoms with Gasteiger partial charge in [-0.25, -0.2) is 0 Å². The van der Waals surface area contributed by atoms with Gasteiger partial charge in [0.1, 0.15) is 5.54 Å². The van der Waals surface area contributed by atoms with Crippen LogP contribution in [0.25, 0.3) is 11.0 Å². The van der Waals surface area contributed by atoms with Crippen molar-refractivity contribution in [2.24, 2.45) is 5.73 Å². The number of nitrogens with zero attached hydrogens (tertiary/aromatic N) is 1. The number of hydrogen-bond acceptors (Lipinski definition) is 2. The van der Waals surface area contributed by atoms with Crippen LogP contribution in [0.15, 0.2) is 18.2 Å². The standard InChI is InChI=1S/C11H12ClN3OS/c1-11(2,9(13)16)15-8-5-6(12)3-4-7(8)14-10(15)17/h3-5H,1-2H3,(H2,13,16)(H,14,17). The minimum absolute atomic E-state index is 0.450. The van der Waals surface area contributed by atoms with Gasteiger partial charge in [-0.2, -0.15) is 0 Å². The van der Waals surface area contributed by atoms with Crippen molar-refractivity contribution in [1.29, 1.82) is 0 Å². The van der Waals surface area contributed by atoms with E-state index >= 15 is 0 Å². The number of nitrogens with two attached hydrogens (primary N) is 1. The average Bonchev–Trinajstić information content (AvgIpc) is 2.53. The van der Waals surface area contributed by atoms with Gasteiger partial charge in [0.25, 0.3) is 0 Å². The van der Waals surface area contributed by atoms with E-state index in [1.54, 1.807) is 30.5 Å². The number of carbonyl (C=O) groups excluding carboxylic acids is 1. The van der Waals surface area contributed by atoms with Gasteiger partial charge in [-0.15, -0.1) is 0 Å². The Bertz CT molecular complexity index is 656. The molecule has 0 aliphatic carbocycles. The number of aromatic nitrogens is 2. The molecule has 1 amide bonds. The van der Waals surface area contributed by atoms with E-state index in [-0.39, 0.29) is 0 Å². The van der Waals surface area contributed by atoms with Crippen molar-refractivity contribution in [1.82, 2.24) is 9.55 Å². The Morgan fingerprint density at radius 1 is 1.53 bits per heavy atom. The minimum atomic E-state index is -0.903. The fraction of sp³-hybridized carbons (Fsp3) is 0.273. The Kier molecular flexibility index (Phi) is 2.75. The summed E-state index contributed by atoms with van der Waals surface area (Å²) in [7, 11) is 0. The predicted molar refractivity (Wildman–Crippen MR) is 70.6 cm³/mol. The molecule has 90 valence electrons. The van der Waals surface area contributed by atoms with E-state index in [1.165, 1.54) is 0 Å². The SMILES string of the molecule is CC(C)(C(N)=O)n1c(=S)[nH]c2ccc(Cl)cc21. The molecule has 2 rings (SSSR count). The normalized spacial score (nSPS) is 11.9. The Hall–Kier alpha value is -1.33. The summed E-state index contributed by atoms with van der Waals surface area (Å²) >= 11 is 11.2. The molecule has 2 aromatic rings. The van der Waals surface area contributed by atoms with E-state index in [0.29, 0.717) is 9.79 Å². The molecule has 0 unspecified atom stereocenters. The summed E-state index contributed by atoms with van der Waals surface area (Å²) in [6, 6.07) is 5.34. The zero-order valence-electron chi connectivity index (χ0n) is 9.45. The molecule has 6 heteroatoms. The first kappa shape index (κ1) is 12.1. The van der Waals surface area contributed by atoms with Crippen LogP contribution < -0.4 is 5.73 Å². The number of benzene rings is 1. The van der Waals surface area contributed by atoms with Crippen LogP contribution in [-0.4, -0.2) is 15.5 Å². The summed E-state index contributed by atoms with van der Waals surface area (Å²) in [6.07, 6.45) is 0. The number of aromatic amines is 1. The quantitative estimate of drug-likeness (QED) is 0.823. The summed E-state index contributed by atoms with van der Waals surface area (Å²) in [5, 5.41) is 0.584. The number of nitrogens with one attached hydrogen (secondary N) is 1. The first-order valence-corrected chi connectivity index (χ1v) is 5.83. The van der Waals surface area contributed by atoms with Gasteiger partial charge in [0.2, 0.25) is 5.91 Å². The highest BCUT2D eigenvalue weighted by Gasteiger charge is 2.29. The van der Waals surface area contributed by atoms with Gasteiger partial charge in [-0.1, -0.05) is 11.6 Å². The second-order valence-electron chi connectivity index (χ2n) is 4.35. The molecular weight excluding hydrogens is 258 g/mol. The van der Waals surface area contributed by atoms with E-state index in [9.17, 15) is 4.79 Å². The molecular formula is C11H12ClN3OS. The van der Waals surface area contributed by atoms with Crippen LogP contribution in [0.3, 0.4) is 0 Å². The third-order valence-corrected chi connectivity index (χ3v) is 3.33. The van der Waals surface area contributed by atoms with Gasteiger partial charge in [-0.05, 0) is 44.3 Å². The van der Waals surface area contributed by atoms with E-state index in [2.05, 4.69) is 4.98 Å². The van der Waals surface area contributed by atoms with E-state index < -0.39 is 11.4 Å². The van der Waals surface area contributed by atoms with Crippen LogP contribution in [0.1, 0.15) is 13.8 Å². The maximum Gasteiger partial charge on any atom is 0.243 e. The lowest BCUT2D eigenvalue weighted by Gasteiger charge is -2.23. The smallest absolute Gasteiger partial charge is 0.243 e. The second kappa shape index (κ2) is 3.85. The summed E-state index contributed by atoms with van der Waals surface area (Å²) in [5.74, 6) is -0.450. The Morgan fingerprint density at radius 2 is 2.18 bits per heavy atom.